The largest absolute Gasteiger partial charge is 0.382 e. The van der Waals surface area contributed by atoms with E-state index < -0.39 is 28.1 Å². The van der Waals surface area contributed by atoms with Gasteiger partial charge in [0.1, 0.15) is 11.9 Å². The second kappa shape index (κ2) is 12.3. The number of nitrogens with one attached hydrogen (secondary N) is 4. The second-order valence-corrected chi connectivity index (χ2v) is 10.8. The van der Waals surface area contributed by atoms with Gasteiger partial charge in [-0.05, 0) is 42.2 Å². The van der Waals surface area contributed by atoms with Crippen LogP contribution >= 0.6 is 0 Å². The highest BCUT2D eigenvalue weighted by Crippen LogP contribution is 2.29. The zero-order valence-corrected chi connectivity index (χ0v) is 22.2. The van der Waals surface area contributed by atoms with Gasteiger partial charge >= 0.3 is 0 Å². The smallest absolute Gasteiger partial charge is 0.275 e. The Balaban J connectivity index is 1.57. The van der Waals surface area contributed by atoms with Gasteiger partial charge in [-0.2, -0.15) is 13.1 Å². The Kier molecular flexibility index (Phi) is 8.92. The molecule has 11 nitrogen and oxygen atoms in total. The van der Waals surface area contributed by atoms with E-state index >= 15 is 0 Å². The number of hydrogen-bond donors (Lipinski definition) is 6. The van der Waals surface area contributed by atoms with E-state index in [2.05, 4.69) is 15.4 Å². The SMILES string of the molecule is N=C(N)C1=CC=C(CNC(=O)[C@H](NS(N)(=O)=O)C(c2ccccc2)c2ccccc2)CN1C(=O)[C@@H]1CCCN1. The van der Waals surface area contributed by atoms with E-state index in [-0.39, 0.29) is 30.9 Å². The zero-order chi connectivity index (χ0) is 28.0. The Morgan fingerprint density at radius 1 is 1.05 bits per heavy atom. The quantitative estimate of drug-likeness (QED) is 0.184. The van der Waals surface area contributed by atoms with Gasteiger partial charge in [0.2, 0.25) is 11.8 Å². The molecule has 2 aromatic carbocycles. The molecule has 4 rings (SSSR count). The van der Waals surface area contributed by atoms with Gasteiger partial charge in [-0.15, -0.1) is 0 Å². The van der Waals surface area contributed by atoms with Gasteiger partial charge in [0.05, 0.1) is 11.7 Å². The number of amidine groups is 1. The monoisotopic (exact) mass is 551 g/mol. The molecule has 8 N–H and O–H groups in total. The molecule has 0 saturated carbocycles. The average Bonchev–Trinajstić information content (AvgIpc) is 3.46. The summed E-state index contributed by atoms with van der Waals surface area (Å²) in [6, 6.07) is 16.6. The zero-order valence-electron chi connectivity index (χ0n) is 21.3. The van der Waals surface area contributed by atoms with E-state index in [0.717, 1.165) is 24.1 Å². The van der Waals surface area contributed by atoms with Gasteiger partial charge < -0.3 is 21.3 Å². The Hall–Kier alpha value is -3.84. The fraction of sp³-hybridized carbons (Fsp3) is 0.296. The molecule has 0 radical (unpaired) electrons. The number of hydrogen-bond acceptors (Lipinski definition) is 6. The summed E-state index contributed by atoms with van der Waals surface area (Å²) in [6.45, 7) is 0.919. The predicted octanol–water partition coefficient (Wildman–Crippen LogP) is 0.437. The molecule has 12 heteroatoms. The van der Waals surface area contributed by atoms with Gasteiger partial charge in [-0.25, -0.2) is 5.14 Å². The first-order valence-corrected chi connectivity index (χ1v) is 14.1. The van der Waals surface area contributed by atoms with Crippen LogP contribution < -0.4 is 26.2 Å². The van der Waals surface area contributed by atoms with E-state index in [9.17, 15) is 18.0 Å². The minimum atomic E-state index is -4.25. The molecule has 39 heavy (non-hydrogen) atoms. The molecular weight excluding hydrogens is 518 g/mol. The lowest BCUT2D eigenvalue weighted by Crippen LogP contribution is -2.53. The van der Waals surface area contributed by atoms with Crippen LogP contribution in [-0.4, -0.2) is 62.7 Å². The van der Waals surface area contributed by atoms with Crippen molar-refractivity contribution >= 4 is 27.9 Å². The molecule has 1 saturated heterocycles. The standard InChI is InChI=1S/C27H33N7O4S/c28-25(29)22-14-13-18(17-34(22)27(36)21-12-7-15-31-21)16-32-26(35)24(33-39(30,37)38)23(19-8-3-1-4-9-19)20-10-5-2-6-11-20/h1-6,8-11,13-14,21,23-24,31,33H,7,12,15-17H2,(H3,28,29)(H,32,35)(H2,30,37,38)/t21-,24+/m0/s1. The summed E-state index contributed by atoms with van der Waals surface area (Å²) >= 11 is 0. The molecule has 2 atom stereocenters. The van der Waals surface area contributed by atoms with Crippen molar-refractivity contribution in [2.45, 2.75) is 30.8 Å². The number of nitrogens with two attached hydrogens (primary N) is 2. The van der Waals surface area contributed by atoms with Crippen molar-refractivity contribution in [3.05, 3.63) is 95.2 Å². The predicted molar refractivity (Wildman–Crippen MR) is 149 cm³/mol. The molecular formula is C27H33N7O4S. The molecule has 0 aliphatic carbocycles. The lowest BCUT2D eigenvalue weighted by atomic mass is 9.85. The number of amides is 2. The fourth-order valence-electron chi connectivity index (χ4n) is 4.92. The Morgan fingerprint density at radius 3 is 2.18 bits per heavy atom. The van der Waals surface area contributed by atoms with E-state index in [1.54, 1.807) is 12.2 Å². The second-order valence-electron chi connectivity index (χ2n) is 9.52. The first-order chi connectivity index (χ1) is 18.6. The van der Waals surface area contributed by atoms with E-state index in [1.807, 2.05) is 60.7 Å². The highest BCUT2D eigenvalue weighted by Gasteiger charge is 2.35. The first kappa shape index (κ1) is 28.2. The molecule has 0 spiro atoms. The summed E-state index contributed by atoms with van der Waals surface area (Å²) in [5.41, 5.74) is 8.17. The number of allylic oxidation sites excluding steroid dienone is 2. The Morgan fingerprint density at radius 2 is 1.67 bits per heavy atom. The number of carbonyl (C=O) groups excluding carboxylic acids is 2. The molecule has 206 valence electrons. The van der Waals surface area contributed by atoms with Crippen LogP contribution in [0.1, 0.15) is 29.9 Å². The Bertz CT molecular complexity index is 1330. The minimum absolute atomic E-state index is 0.0431. The van der Waals surface area contributed by atoms with Gasteiger partial charge in [0, 0.05) is 19.0 Å². The summed E-state index contributed by atoms with van der Waals surface area (Å²) in [5, 5.41) is 19.2. The summed E-state index contributed by atoms with van der Waals surface area (Å²) in [7, 11) is -4.25. The molecule has 2 aromatic rings. The molecule has 0 bridgehead atoms. The molecule has 2 aliphatic heterocycles. The summed E-state index contributed by atoms with van der Waals surface area (Å²) in [5.74, 6) is -1.67. The maximum absolute atomic E-state index is 13.6. The van der Waals surface area contributed by atoms with Crippen molar-refractivity contribution in [1.82, 2.24) is 20.3 Å². The van der Waals surface area contributed by atoms with Crippen molar-refractivity contribution in [3.8, 4) is 0 Å². The van der Waals surface area contributed by atoms with Crippen molar-refractivity contribution < 1.29 is 18.0 Å². The van der Waals surface area contributed by atoms with E-state index in [0.29, 0.717) is 17.7 Å². The van der Waals surface area contributed by atoms with Crippen LogP contribution in [0, 0.1) is 5.41 Å². The van der Waals surface area contributed by atoms with Crippen LogP contribution in [0.5, 0.6) is 0 Å². The van der Waals surface area contributed by atoms with Crippen LogP contribution in [0.4, 0.5) is 0 Å². The van der Waals surface area contributed by atoms with E-state index in [1.165, 1.54) is 4.90 Å². The summed E-state index contributed by atoms with van der Waals surface area (Å²) in [4.78, 5) is 28.1. The normalized spacial score (nSPS) is 18.3. The number of benzene rings is 2. The third-order valence-electron chi connectivity index (χ3n) is 6.74. The number of nitrogens with zero attached hydrogens (tertiary/aromatic N) is 1. The Labute approximate surface area is 228 Å². The van der Waals surface area contributed by atoms with Gasteiger partial charge in [-0.3, -0.25) is 15.0 Å². The lowest BCUT2D eigenvalue weighted by Gasteiger charge is -2.31. The van der Waals surface area contributed by atoms with Gasteiger partial charge in [-0.1, -0.05) is 66.7 Å². The molecule has 2 aliphatic rings. The van der Waals surface area contributed by atoms with Crippen molar-refractivity contribution in [2.24, 2.45) is 10.9 Å². The molecule has 2 amide bonds. The van der Waals surface area contributed by atoms with Gasteiger partial charge in [0.25, 0.3) is 10.2 Å². The fourth-order valence-corrected chi connectivity index (χ4v) is 5.51. The molecule has 2 heterocycles. The van der Waals surface area contributed by atoms with Crippen LogP contribution in [0.2, 0.25) is 0 Å². The molecule has 1 fully saturated rings. The minimum Gasteiger partial charge on any atom is -0.382 e. The van der Waals surface area contributed by atoms with Crippen LogP contribution in [-0.2, 0) is 19.8 Å². The van der Waals surface area contributed by atoms with Crippen LogP contribution in [0.25, 0.3) is 0 Å². The van der Waals surface area contributed by atoms with Crippen molar-refractivity contribution in [3.63, 3.8) is 0 Å². The number of rotatable bonds is 10. The van der Waals surface area contributed by atoms with E-state index in [4.69, 9.17) is 16.3 Å². The topological polar surface area (TPSA) is 184 Å². The highest BCUT2D eigenvalue weighted by molar-refractivity contribution is 7.87. The lowest BCUT2D eigenvalue weighted by molar-refractivity contribution is -0.130. The van der Waals surface area contributed by atoms with Crippen LogP contribution in [0.3, 0.4) is 0 Å². The first-order valence-electron chi connectivity index (χ1n) is 12.6. The van der Waals surface area contributed by atoms with Gasteiger partial charge in [0.15, 0.2) is 0 Å². The third kappa shape index (κ3) is 7.18. The third-order valence-corrected chi connectivity index (χ3v) is 7.33. The summed E-state index contributed by atoms with van der Waals surface area (Å²) < 4.78 is 26.6. The summed E-state index contributed by atoms with van der Waals surface area (Å²) in [6.07, 6.45) is 4.86. The highest BCUT2D eigenvalue weighted by atomic mass is 32.2. The van der Waals surface area contributed by atoms with Crippen molar-refractivity contribution in [1.29, 1.82) is 5.41 Å². The van der Waals surface area contributed by atoms with Crippen LogP contribution in [0.15, 0.2) is 84.1 Å². The molecule has 0 unspecified atom stereocenters. The maximum atomic E-state index is 13.6. The molecule has 0 aromatic heterocycles. The number of carbonyl (C=O) groups is 2. The maximum Gasteiger partial charge on any atom is 0.275 e. The van der Waals surface area contributed by atoms with Crippen molar-refractivity contribution in [2.75, 3.05) is 19.6 Å². The average molecular weight is 552 g/mol.